The van der Waals surface area contributed by atoms with Gasteiger partial charge in [-0.15, -0.1) is 0 Å². The van der Waals surface area contributed by atoms with Crippen LogP contribution in [0, 0.1) is 0 Å². The molecule has 0 unspecified atom stereocenters. The molecule has 0 saturated carbocycles. The zero-order valence-electron chi connectivity index (χ0n) is 14.2. The molecule has 1 aliphatic rings. The number of carbonyl (C=O) groups excluding carboxylic acids is 1. The van der Waals surface area contributed by atoms with E-state index >= 15 is 0 Å². The maximum Gasteiger partial charge on any atom is 0.223 e. The van der Waals surface area contributed by atoms with E-state index in [0.717, 1.165) is 17.5 Å². The molecule has 1 fully saturated rings. The van der Waals surface area contributed by atoms with E-state index in [9.17, 15) is 4.79 Å². The van der Waals surface area contributed by atoms with Gasteiger partial charge in [-0.25, -0.2) is 0 Å². The number of benzene rings is 2. The van der Waals surface area contributed by atoms with Crippen LogP contribution < -0.4 is 0 Å². The van der Waals surface area contributed by atoms with Crippen LogP contribution in [-0.4, -0.2) is 35.5 Å². The highest BCUT2D eigenvalue weighted by molar-refractivity contribution is 5.84. The highest BCUT2D eigenvalue weighted by Crippen LogP contribution is 2.23. The van der Waals surface area contributed by atoms with Crippen LogP contribution in [0.25, 0.3) is 10.9 Å². The van der Waals surface area contributed by atoms with Gasteiger partial charge in [0, 0.05) is 30.1 Å². The number of aromatic amines is 1. The molecule has 25 heavy (non-hydrogen) atoms. The minimum atomic E-state index is -0.0213. The first-order valence-electron chi connectivity index (χ1n) is 8.80. The van der Waals surface area contributed by atoms with E-state index in [4.69, 9.17) is 4.74 Å². The highest BCUT2D eigenvalue weighted by Gasteiger charge is 2.25. The summed E-state index contributed by atoms with van der Waals surface area (Å²) in [5, 5.41) is 1.21. The summed E-state index contributed by atoms with van der Waals surface area (Å²) in [6.45, 7) is 1.91. The quantitative estimate of drug-likeness (QED) is 0.791. The fourth-order valence-electron chi connectivity index (χ4n) is 3.48. The molecule has 4 nitrogen and oxygen atoms in total. The second-order valence-corrected chi connectivity index (χ2v) is 6.47. The number of hydrogen-bond acceptors (Lipinski definition) is 2. The van der Waals surface area contributed by atoms with Crippen molar-refractivity contribution in [3.63, 3.8) is 0 Å². The van der Waals surface area contributed by atoms with Gasteiger partial charge in [-0.1, -0.05) is 48.5 Å². The molecule has 2 heterocycles. The van der Waals surface area contributed by atoms with Crippen molar-refractivity contribution in [1.82, 2.24) is 9.88 Å². The van der Waals surface area contributed by atoms with Gasteiger partial charge in [0.15, 0.2) is 0 Å². The van der Waals surface area contributed by atoms with E-state index in [1.54, 1.807) is 0 Å². The Morgan fingerprint density at radius 3 is 2.80 bits per heavy atom. The van der Waals surface area contributed by atoms with Gasteiger partial charge in [0.2, 0.25) is 5.91 Å². The molecule has 0 bridgehead atoms. The van der Waals surface area contributed by atoms with Crippen molar-refractivity contribution in [2.75, 3.05) is 19.7 Å². The molecular formula is C21H22N2O2. The molecule has 1 N–H and O–H groups in total. The monoisotopic (exact) mass is 334 g/mol. The van der Waals surface area contributed by atoms with Gasteiger partial charge < -0.3 is 14.6 Å². The van der Waals surface area contributed by atoms with Crippen LogP contribution in [-0.2, 0) is 16.0 Å². The van der Waals surface area contributed by atoms with Crippen molar-refractivity contribution in [3.05, 3.63) is 71.9 Å². The number of carbonyl (C=O) groups is 1. The van der Waals surface area contributed by atoms with Crippen molar-refractivity contribution in [2.24, 2.45) is 0 Å². The zero-order valence-corrected chi connectivity index (χ0v) is 14.2. The standard InChI is InChI=1S/C21H22N2O2/c24-21(11-10-17-14-22-19-9-5-4-8-18(17)19)23-12-13-25-20(15-23)16-6-2-1-3-7-16/h1-9,14,20,22H,10-13,15H2/t20-/m0/s1. The Labute approximate surface area is 147 Å². The highest BCUT2D eigenvalue weighted by atomic mass is 16.5. The fourth-order valence-corrected chi connectivity index (χ4v) is 3.48. The largest absolute Gasteiger partial charge is 0.370 e. The fraction of sp³-hybridized carbons (Fsp3) is 0.286. The van der Waals surface area contributed by atoms with Gasteiger partial charge in [0.1, 0.15) is 6.10 Å². The predicted molar refractivity (Wildman–Crippen MR) is 98.3 cm³/mol. The summed E-state index contributed by atoms with van der Waals surface area (Å²) in [6.07, 6.45) is 3.29. The van der Waals surface area contributed by atoms with Crippen LogP contribution in [0.2, 0.25) is 0 Å². The molecule has 4 rings (SSSR count). The summed E-state index contributed by atoms with van der Waals surface area (Å²) in [5.74, 6) is 0.203. The van der Waals surface area contributed by atoms with Gasteiger partial charge in [-0.05, 0) is 23.6 Å². The van der Waals surface area contributed by atoms with Crippen molar-refractivity contribution < 1.29 is 9.53 Å². The first kappa shape index (κ1) is 15.9. The number of nitrogens with one attached hydrogen (secondary N) is 1. The first-order chi connectivity index (χ1) is 12.3. The smallest absolute Gasteiger partial charge is 0.223 e. The lowest BCUT2D eigenvalue weighted by molar-refractivity contribution is -0.139. The number of fused-ring (bicyclic) bond motifs is 1. The summed E-state index contributed by atoms with van der Waals surface area (Å²) < 4.78 is 5.85. The zero-order chi connectivity index (χ0) is 17.1. The number of hydrogen-bond donors (Lipinski definition) is 1. The molecule has 4 heteroatoms. The van der Waals surface area contributed by atoms with Crippen molar-refractivity contribution >= 4 is 16.8 Å². The minimum absolute atomic E-state index is 0.0213. The summed E-state index contributed by atoms with van der Waals surface area (Å²) in [6, 6.07) is 18.4. The van der Waals surface area contributed by atoms with Gasteiger partial charge in [-0.3, -0.25) is 4.79 Å². The Morgan fingerprint density at radius 2 is 1.92 bits per heavy atom. The minimum Gasteiger partial charge on any atom is -0.370 e. The molecule has 0 spiro atoms. The third-order valence-corrected chi connectivity index (χ3v) is 4.87. The van der Waals surface area contributed by atoms with Crippen LogP contribution in [0.3, 0.4) is 0 Å². The lowest BCUT2D eigenvalue weighted by atomic mass is 10.1. The number of morpholine rings is 1. The molecule has 1 aromatic heterocycles. The van der Waals surface area contributed by atoms with Gasteiger partial charge in [-0.2, -0.15) is 0 Å². The van der Waals surface area contributed by atoms with E-state index < -0.39 is 0 Å². The molecule has 0 aliphatic carbocycles. The molecule has 1 aliphatic heterocycles. The van der Waals surface area contributed by atoms with Crippen LogP contribution in [0.4, 0.5) is 0 Å². The van der Waals surface area contributed by atoms with Crippen LogP contribution in [0.15, 0.2) is 60.8 Å². The van der Waals surface area contributed by atoms with Gasteiger partial charge in [0.25, 0.3) is 0 Å². The first-order valence-corrected chi connectivity index (χ1v) is 8.80. The van der Waals surface area contributed by atoms with Gasteiger partial charge in [0.05, 0.1) is 13.2 Å². The number of H-pyrrole nitrogens is 1. The maximum atomic E-state index is 12.7. The second kappa shape index (κ2) is 7.11. The molecule has 1 saturated heterocycles. The number of ether oxygens (including phenoxy) is 1. The van der Waals surface area contributed by atoms with Crippen molar-refractivity contribution in [1.29, 1.82) is 0 Å². The maximum absolute atomic E-state index is 12.7. The number of rotatable bonds is 4. The average molecular weight is 334 g/mol. The Hall–Kier alpha value is -2.59. The molecular weight excluding hydrogens is 312 g/mol. The normalized spacial score (nSPS) is 17.8. The van der Waals surface area contributed by atoms with E-state index in [1.165, 1.54) is 10.9 Å². The van der Waals surface area contributed by atoms with Crippen molar-refractivity contribution in [2.45, 2.75) is 18.9 Å². The molecule has 0 radical (unpaired) electrons. The van der Waals surface area contributed by atoms with Gasteiger partial charge >= 0.3 is 0 Å². The lowest BCUT2D eigenvalue weighted by Crippen LogP contribution is -2.42. The summed E-state index contributed by atoms with van der Waals surface area (Å²) in [5.41, 5.74) is 3.47. The third kappa shape index (κ3) is 3.44. The number of para-hydroxylation sites is 1. The van der Waals surface area contributed by atoms with Crippen molar-refractivity contribution in [3.8, 4) is 0 Å². The Bertz CT molecular complexity index is 856. The SMILES string of the molecule is O=C(CCc1c[nH]c2ccccc12)N1CCO[C@H](c2ccccc2)C1. The molecule has 3 aromatic rings. The number of aromatic nitrogens is 1. The lowest BCUT2D eigenvalue weighted by Gasteiger charge is -2.33. The average Bonchev–Trinajstić information content (AvgIpc) is 3.10. The Morgan fingerprint density at radius 1 is 1.12 bits per heavy atom. The summed E-state index contributed by atoms with van der Waals surface area (Å²) >= 11 is 0. The summed E-state index contributed by atoms with van der Waals surface area (Å²) in [7, 11) is 0. The predicted octanol–water partition coefficient (Wildman–Crippen LogP) is 3.70. The van der Waals surface area contributed by atoms with Crippen LogP contribution in [0.1, 0.15) is 23.7 Å². The van der Waals surface area contributed by atoms with E-state index in [1.807, 2.05) is 41.4 Å². The van der Waals surface area contributed by atoms with Crippen LogP contribution >= 0.6 is 0 Å². The molecule has 1 amide bonds. The Balaban J connectivity index is 1.39. The number of amides is 1. The topological polar surface area (TPSA) is 45.3 Å². The van der Waals surface area contributed by atoms with Crippen LogP contribution in [0.5, 0.6) is 0 Å². The second-order valence-electron chi connectivity index (χ2n) is 6.47. The third-order valence-electron chi connectivity index (χ3n) is 4.87. The number of nitrogens with zero attached hydrogens (tertiary/aromatic N) is 1. The Kier molecular flexibility index (Phi) is 4.53. The van der Waals surface area contributed by atoms with E-state index in [-0.39, 0.29) is 12.0 Å². The molecule has 2 aromatic carbocycles. The summed E-state index contributed by atoms with van der Waals surface area (Å²) in [4.78, 5) is 17.9. The molecule has 1 atom stereocenters. The number of aryl methyl sites for hydroxylation is 1. The molecule has 128 valence electrons. The van der Waals surface area contributed by atoms with E-state index in [0.29, 0.717) is 26.1 Å². The van der Waals surface area contributed by atoms with E-state index in [2.05, 4.69) is 29.2 Å².